The van der Waals surface area contributed by atoms with Crippen molar-refractivity contribution >= 4 is 17.7 Å². The van der Waals surface area contributed by atoms with E-state index in [-0.39, 0.29) is 18.7 Å². The third kappa shape index (κ3) is 5.41. The van der Waals surface area contributed by atoms with Gasteiger partial charge >= 0.3 is 0 Å². The highest BCUT2D eigenvalue weighted by Gasteiger charge is 2.26. The fraction of sp³-hybridized carbons (Fsp3) is 0.263. The molecule has 0 saturated heterocycles. The Labute approximate surface area is 152 Å². The normalized spacial score (nSPS) is 12.7. The molecular weight excluding hydrogens is 332 g/mol. The second-order valence-corrected chi connectivity index (χ2v) is 5.79. The second kappa shape index (κ2) is 9.31. The van der Waals surface area contributed by atoms with Crippen molar-refractivity contribution in [2.75, 3.05) is 0 Å². The minimum absolute atomic E-state index is 0.220. The van der Waals surface area contributed by atoms with Gasteiger partial charge in [-0.1, -0.05) is 43.3 Å². The van der Waals surface area contributed by atoms with Gasteiger partial charge in [0.1, 0.15) is 12.1 Å². The molecule has 0 saturated carbocycles. The van der Waals surface area contributed by atoms with Crippen LogP contribution in [-0.2, 0) is 20.8 Å². The predicted molar refractivity (Wildman–Crippen MR) is 96.7 cm³/mol. The topological polar surface area (TPSA) is 114 Å². The van der Waals surface area contributed by atoms with Crippen LogP contribution in [0.15, 0.2) is 54.9 Å². The zero-order chi connectivity index (χ0) is 18.9. The molecule has 0 radical (unpaired) electrons. The monoisotopic (exact) mass is 354 g/mol. The Morgan fingerprint density at radius 2 is 1.81 bits per heavy atom. The average molecular weight is 354 g/mol. The van der Waals surface area contributed by atoms with E-state index in [0.717, 1.165) is 5.56 Å². The largest absolute Gasteiger partial charge is 0.368 e. The fourth-order valence-corrected chi connectivity index (χ4v) is 2.44. The SMILES string of the molecule is CCC(=O)NC(C(=O)NC(Cc1cccnc1)C(N)=O)c1ccccc1. The standard InChI is InChI=1S/C19H22N4O3/c1-2-16(24)23-17(14-8-4-3-5-9-14)19(26)22-15(18(20)25)11-13-7-6-10-21-12-13/h3-10,12,15,17H,2,11H2,1H3,(H2,20,25)(H,22,26)(H,23,24). The number of amides is 3. The van der Waals surface area contributed by atoms with Crippen LogP contribution < -0.4 is 16.4 Å². The van der Waals surface area contributed by atoms with Crippen LogP contribution in [0.25, 0.3) is 0 Å². The summed E-state index contributed by atoms with van der Waals surface area (Å²) in [7, 11) is 0. The lowest BCUT2D eigenvalue weighted by molar-refractivity contribution is -0.131. The van der Waals surface area contributed by atoms with Crippen LogP contribution in [0.3, 0.4) is 0 Å². The van der Waals surface area contributed by atoms with E-state index in [1.54, 1.807) is 55.7 Å². The molecule has 3 amide bonds. The van der Waals surface area contributed by atoms with Gasteiger partial charge in [0.15, 0.2) is 0 Å². The number of pyridine rings is 1. The van der Waals surface area contributed by atoms with Gasteiger partial charge in [0.25, 0.3) is 0 Å². The summed E-state index contributed by atoms with van der Waals surface area (Å²) in [6.45, 7) is 1.70. The lowest BCUT2D eigenvalue weighted by atomic mass is 10.0. The smallest absolute Gasteiger partial charge is 0.247 e. The maximum absolute atomic E-state index is 12.8. The van der Waals surface area contributed by atoms with E-state index in [1.807, 2.05) is 6.07 Å². The second-order valence-electron chi connectivity index (χ2n) is 5.79. The molecule has 26 heavy (non-hydrogen) atoms. The minimum Gasteiger partial charge on any atom is -0.368 e. The average Bonchev–Trinajstić information content (AvgIpc) is 2.66. The Morgan fingerprint density at radius 3 is 2.38 bits per heavy atom. The van der Waals surface area contributed by atoms with Crippen molar-refractivity contribution in [3.8, 4) is 0 Å². The number of hydrogen-bond donors (Lipinski definition) is 3. The highest BCUT2D eigenvalue weighted by atomic mass is 16.2. The molecule has 0 aliphatic heterocycles. The van der Waals surface area contributed by atoms with Crippen LogP contribution in [-0.4, -0.2) is 28.7 Å². The summed E-state index contributed by atoms with van der Waals surface area (Å²) < 4.78 is 0. The summed E-state index contributed by atoms with van der Waals surface area (Å²) in [5.41, 5.74) is 6.83. The first kappa shape index (κ1) is 19.1. The first-order valence-electron chi connectivity index (χ1n) is 8.34. The number of nitrogens with two attached hydrogens (primary N) is 1. The van der Waals surface area contributed by atoms with E-state index in [9.17, 15) is 14.4 Å². The molecule has 2 aromatic rings. The molecule has 4 N–H and O–H groups in total. The number of carbonyl (C=O) groups is 3. The number of primary amides is 1. The molecule has 2 rings (SSSR count). The number of nitrogens with one attached hydrogen (secondary N) is 2. The van der Waals surface area contributed by atoms with Crippen LogP contribution in [0.4, 0.5) is 0 Å². The molecule has 0 aliphatic rings. The van der Waals surface area contributed by atoms with Crippen LogP contribution in [0.1, 0.15) is 30.5 Å². The van der Waals surface area contributed by atoms with Crippen molar-refractivity contribution in [3.05, 3.63) is 66.0 Å². The van der Waals surface area contributed by atoms with Gasteiger partial charge in [-0.15, -0.1) is 0 Å². The van der Waals surface area contributed by atoms with Crippen molar-refractivity contribution < 1.29 is 14.4 Å². The predicted octanol–water partition coefficient (Wildman–Crippen LogP) is 0.862. The molecule has 1 aromatic heterocycles. The highest BCUT2D eigenvalue weighted by molar-refractivity contribution is 5.92. The number of carbonyl (C=O) groups excluding carboxylic acids is 3. The van der Waals surface area contributed by atoms with Crippen LogP contribution in [0.5, 0.6) is 0 Å². The molecule has 0 bridgehead atoms. The zero-order valence-electron chi connectivity index (χ0n) is 14.5. The van der Waals surface area contributed by atoms with Gasteiger partial charge in [-0.3, -0.25) is 19.4 Å². The first-order valence-corrected chi connectivity index (χ1v) is 8.34. The van der Waals surface area contributed by atoms with Gasteiger partial charge in [-0.2, -0.15) is 0 Å². The quantitative estimate of drug-likeness (QED) is 0.652. The van der Waals surface area contributed by atoms with Crippen molar-refractivity contribution in [2.24, 2.45) is 5.73 Å². The van der Waals surface area contributed by atoms with Gasteiger partial charge < -0.3 is 16.4 Å². The Morgan fingerprint density at radius 1 is 1.08 bits per heavy atom. The molecular formula is C19H22N4O3. The lowest BCUT2D eigenvalue weighted by Crippen LogP contribution is -2.50. The molecule has 1 heterocycles. The van der Waals surface area contributed by atoms with Gasteiger partial charge in [0.2, 0.25) is 17.7 Å². The van der Waals surface area contributed by atoms with Gasteiger partial charge in [-0.05, 0) is 17.2 Å². The molecule has 2 unspecified atom stereocenters. The van der Waals surface area contributed by atoms with Crippen molar-refractivity contribution in [2.45, 2.75) is 31.8 Å². The zero-order valence-corrected chi connectivity index (χ0v) is 14.5. The van der Waals surface area contributed by atoms with E-state index in [2.05, 4.69) is 15.6 Å². The molecule has 0 fully saturated rings. The molecule has 0 spiro atoms. The molecule has 7 nitrogen and oxygen atoms in total. The molecule has 1 aromatic carbocycles. The summed E-state index contributed by atoms with van der Waals surface area (Å²) in [6, 6.07) is 10.6. The summed E-state index contributed by atoms with van der Waals surface area (Å²) in [6.07, 6.45) is 3.69. The molecule has 0 aliphatic carbocycles. The Bertz CT molecular complexity index is 750. The van der Waals surface area contributed by atoms with Gasteiger partial charge in [0.05, 0.1) is 0 Å². The molecule has 7 heteroatoms. The third-order valence-corrected chi connectivity index (χ3v) is 3.84. The third-order valence-electron chi connectivity index (χ3n) is 3.84. The van der Waals surface area contributed by atoms with Crippen molar-refractivity contribution in [1.82, 2.24) is 15.6 Å². The van der Waals surface area contributed by atoms with E-state index in [4.69, 9.17) is 5.73 Å². The van der Waals surface area contributed by atoms with E-state index in [1.165, 1.54) is 0 Å². The van der Waals surface area contributed by atoms with Crippen LogP contribution >= 0.6 is 0 Å². The highest BCUT2D eigenvalue weighted by Crippen LogP contribution is 2.14. The summed E-state index contributed by atoms with van der Waals surface area (Å²) in [4.78, 5) is 40.3. The van der Waals surface area contributed by atoms with E-state index < -0.39 is 23.9 Å². The maximum Gasteiger partial charge on any atom is 0.247 e. The fourth-order valence-electron chi connectivity index (χ4n) is 2.44. The van der Waals surface area contributed by atoms with Crippen molar-refractivity contribution in [3.63, 3.8) is 0 Å². The first-order chi connectivity index (χ1) is 12.5. The summed E-state index contributed by atoms with van der Waals surface area (Å²) >= 11 is 0. The Balaban J connectivity index is 2.17. The summed E-state index contributed by atoms with van der Waals surface area (Å²) in [5, 5.41) is 5.31. The van der Waals surface area contributed by atoms with Crippen molar-refractivity contribution in [1.29, 1.82) is 0 Å². The number of aromatic nitrogens is 1. The maximum atomic E-state index is 12.8. The minimum atomic E-state index is -0.906. The van der Waals surface area contributed by atoms with Gasteiger partial charge in [0, 0.05) is 25.2 Å². The summed E-state index contributed by atoms with van der Waals surface area (Å²) in [5.74, 6) is -1.42. The van der Waals surface area contributed by atoms with E-state index >= 15 is 0 Å². The number of nitrogens with zero attached hydrogens (tertiary/aromatic N) is 1. The van der Waals surface area contributed by atoms with E-state index in [0.29, 0.717) is 5.56 Å². The molecule has 136 valence electrons. The Hall–Kier alpha value is -3.22. The number of hydrogen-bond acceptors (Lipinski definition) is 4. The van der Waals surface area contributed by atoms with Gasteiger partial charge in [-0.25, -0.2) is 0 Å². The Kier molecular flexibility index (Phi) is 6.84. The molecule has 2 atom stereocenters. The van der Waals surface area contributed by atoms with Crippen LogP contribution in [0, 0.1) is 0 Å². The number of rotatable bonds is 8. The van der Waals surface area contributed by atoms with Crippen LogP contribution in [0.2, 0.25) is 0 Å². The number of benzene rings is 1. The lowest BCUT2D eigenvalue weighted by Gasteiger charge is -2.22.